The molecule has 1 fully saturated rings. The van der Waals surface area contributed by atoms with E-state index < -0.39 is 10.0 Å². The van der Waals surface area contributed by atoms with Gasteiger partial charge in [-0.2, -0.15) is 0 Å². The molecule has 0 spiro atoms. The van der Waals surface area contributed by atoms with Crippen molar-refractivity contribution in [3.05, 3.63) is 80.5 Å². The van der Waals surface area contributed by atoms with Crippen molar-refractivity contribution in [2.24, 2.45) is 14.1 Å². The Morgan fingerprint density at radius 1 is 0.921 bits per heavy atom. The molecule has 200 valence electrons. The van der Waals surface area contributed by atoms with E-state index in [0.717, 1.165) is 24.2 Å². The summed E-state index contributed by atoms with van der Waals surface area (Å²) in [6, 6.07) is 12.4. The first-order chi connectivity index (χ1) is 18.2. The predicted octanol–water partition coefficient (Wildman–Crippen LogP) is 1.02. The zero-order valence-corrected chi connectivity index (χ0v) is 22.0. The number of sulfonamides is 1. The second-order valence-corrected chi connectivity index (χ2v) is 11.1. The van der Waals surface area contributed by atoms with Crippen LogP contribution >= 0.6 is 0 Å². The Labute approximate surface area is 219 Å². The first-order valence-electron chi connectivity index (χ1n) is 12.3. The number of fused-ring (bicyclic) bond motifs is 3. The van der Waals surface area contributed by atoms with E-state index in [2.05, 4.69) is 9.62 Å². The van der Waals surface area contributed by atoms with Crippen LogP contribution in [0.4, 0.5) is 11.5 Å². The number of nitrogens with one attached hydrogen (secondary N) is 1. The van der Waals surface area contributed by atoms with Crippen LogP contribution < -0.4 is 25.6 Å². The lowest BCUT2D eigenvalue weighted by Crippen LogP contribution is -2.49. The monoisotopic (exact) mass is 539 g/mol. The molecule has 5 rings (SSSR count). The van der Waals surface area contributed by atoms with Gasteiger partial charge in [0.15, 0.2) is 5.78 Å². The maximum atomic E-state index is 12.9. The summed E-state index contributed by atoms with van der Waals surface area (Å²) in [6.07, 6.45) is 0.708. The average Bonchev–Trinajstić information content (AvgIpc) is 2.92. The first-order valence-corrected chi connectivity index (χ1v) is 13.8. The number of ether oxygens (including phenoxy) is 1. The van der Waals surface area contributed by atoms with E-state index in [1.54, 1.807) is 31.3 Å². The quantitative estimate of drug-likeness (QED) is 0.461. The molecule has 0 radical (unpaired) electrons. The van der Waals surface area contributed by atoms with Crippen molar-refractivity contribution < 1.29 is 17.9 Å². The van der Waals surface area contributed by atoms with Crippen LogP contribution in [-0.4, -0.2) is 67.6 Å². The topological polar surface area (TPSA) is 123 Å². The van der Waals surface area contributed by atoms with E-state index >= 15 is 0 Å². The molecule has 0 aliphatic carbocycles. The van der Waals surface area contributed by atoms with Crippen molar-refractivity contribution >= 4 is 27.3 Å². The summed E-state index contributed by atoms with van der Waals surface area (Å²) in [5.41, 5.74) is 0.0852. The Kier molecular flexibility index (Phi) is 6.84. The minimum atomic E-state index is -3.95. The molecule has 2 aliphatic heterocycles. The molecule has 0 saturated carbocycles. The summed E-state index contributed by atoms with van der Waals surface area (Å²) in [6.45, 7) is 4.04. The Balaban J connectivity index is 1.18. The van der Waals surface area contributed by atoms with Gasteiger partial charge in [-0.1, -0.05) is 12.1 Å². The van der Waals surface area contributed by atoms with Crippen molar-refractivity contribution in [1.82, 2.24) is 14.0 Å². The molecule has 0 unspecified atom stereocenters. The summed E-state index contributed by atoms with van der Waals surface area (Å²) in [5, 5.41) is 0. The Hall–Kier alpha value is -3.90. The number of benzene rings is 2. The van der Waals surface area contributed by atoms with Gasteiger partial charge in [0.25, 0.3) is 15.6 Å². The number of ketones is 1. The summed E-state index contributed by atoms with van der Waals surface area (Å²) < 4.78 is 36.9. The highest BCUT2D eigenvalue weighted by molar-refractivity contribution is 7.92. The number of hydrogen-bond donors (Lipinski definition) is 1. The van der Waals surface area contributed by atoms with Crippen molar-refractivity contribution in [3.8, 4) is 5.75 Å². The van der Waals surface area contributed by atoms with Crippen molar-refractivity contribution in [2.45, 2.75) is 11.3 Å². The molecular formula is C26H29N5O6S. The summed E-state index contributed by atoms with van der Waals surface area (Å²) in [7, 11) is -0.815. The van der Waals surface area contributed by atoms with Gasteiger partial charge in [-0.05, 0) is 36.8 Å². The van der Waals surface area contributed by atoms with E-state index in [4.69, 9.17) is 4.74 Å². The maximum Gasteiger partial charge on any atom is 0.332 e. The number of piperazine rings is 1. The molecule has 0 atom stereocenters. The van der Waals surface area contributed by atoms with Crippen LogP contribution in [0.5, 0.6) is 5.75 Å². The highest BCUT2D eigenvalue weighted by Gasteiger charge is 2.28. The molecule has 11 nitrogen and oxygen atoms in total. The fourth-order valence-corrected chi connectivity index (χ4v) is 6.08. The zero-order chi connectivity index (χ0) is 27.0. The molecule has 3 heterocycles. The lowest BCUT2D eigenvalue weighted by molar-refractivity contribution is 0.103. The number of carbonyl (C=O) groups is 1. The zero-order valence-electron chi connectivity index (χ0n) is 21.2. The largest absolute Gasteiger partial charge is 0.491 e. The lowest BCUT2D eigenvalue weighted by Gasteiger charge is -2.36. The van der Waals surface area contributed by atoms with Crippen LogP contribution in [0, 0.1) is 0 Å². The van der Waals surface area contributed by atoms with Gasteiger partial charge in [-0.15, -0.1) is 0 Å². The summed E-state index contributed by atoms with van der Waals surface area (Å²) in [4.78, 5) is 41.5. The van der Waals surface area contributed by atoms with Gasteiger partial charge >= 0.3 is 5.69 Å². The van der Waals surface area contributed by atoms with Gasteiger partial charge in [-0.3, -0.25) is 28.3 Å². The fraction of sp³-hybridized carbons (Fsp3) is 0.346. The molecular weight excluding hydrogens is 510 g/mol. The number of anilines is 2. The van der Waals surface area contributed by atoms with E-state index in [1.807, 2.05) is 4.90 Å². The Bertz CT molecular complexity index is 1620. The van der Waals surface area contributed by atoms with Gasteiger partial charge in [0.05, 0.1) is 17.2 Å². The predicted molar refractivity (Wildman–Crippen MR) is 143 cm³/mol. The minimum Gasteiger partial charge on any atom is -0.491 e. The van der Waals surface area contributed by atoms with Crippen LogP contribution in [0.2, 0.25) is 0 Å². The lowest BCUT2D eigenvalue weighted by atomic mass is 10.0. The van der Waals surface area contributed by atoms with Crippen LogP contribution in [0.1, 0.15) is 22.3 Å². The highest BCUT2D eigenvalue weighted by Crippen LogP contribution is 2.33. The molecule has 1 saturated heterocycles. The third-order valence-corrected chi connectivity index (χ3v) is 8.40. The van der Waals surface area contributed by atoms with E-state index in [0.29, 0.717) is 43.2 Å². The SMILES string of the molecule is Cn1c(N2CCN(CCCOc3ccc4cc3NS(=O)(=O)c3ccccc3C4=O)CC2)cc(=O)n(C)c1=O. The summed E-state index contributed by atoms with van der Waals surface area (Å²) >= 11 is 0. The molecule has 1 aromatic heterocycles. The van der Waals surface area contributed by atoms with Crippen LogP contribution in [-0.2, 0) is 24.1 Å². The molecule has 1 N–H and O–H groups in total. The molecule has 3 aromatic rings. The average molecular weight is 540 g/mol. The van der Waals surface area contributed by atoms with Crippen molar-refractivity contribution in [3.63, 3.8) is 0 Å². The molecule has 2 bridgehead atoms. The molecule has 0 amide bonds. The third-order valence-electron chi connectivity index (χ3n) is 6.98. The Morgan fingerprint density at radius 3 is 2.42 bits per heavy atom. The number of aromatic nitrogens is 2. The third kappa shape index (κ3) is 4.84. The molecule has 38 heavy (non-hydrogen) atoms. The second-order valence-electron chi connectivity index (χ2n) is 9.41. The van der Waals surface area contributed by atoms with Crippen LogP contribution in [0.25, 0.3) is 0 Å². The van der Waals surface area contributed by atoms with Crippen molar-refractivity contribution in [2.75, 3.05) is 49.0 Å². The van der Waals surface area contributed by atoms with Crippen molar-refractivity contribution in [1.29, 1.82) is 0 Å². The van der Waals surface area contributed by atoms with Gasteiger partial charge in [0.1, 0.15) is 11.6 Å². The Morgan fingerprint density at radius 2 is 1.66 bits per heavy atom. The standard InChI is InChI=1S/C26H29N5O6S/c1-28-23(17-24(32)29(2)26(28)34)31-13-11-30(12-14-31)10-5-15-37-21-9-8-18-16-20(21)27-38(35,36)22-7-4-3-6-19(22)25(18)33/h3-4,6-9,16-17,27H,5,10-15H2,1-2H3. The van der Waals surface area contributed by atoms with Gasteiger partial charge in [0.2, 0.25) is 0 Å². The number of nitrogens with zero attached hydrogens (tertiary/aromatic N) is 4. The van der Waals surface area contributed by atoms with Crippen LogP contribution in [0.3, 0.4) is 0 Å². The smallest absolute Gasteiger partial charge is 0.332 e. The molecule has 12 heteroatoms. The van der Waals surface area contributed by atoms with Gasteiger partial charge < -0.3 is 9.64 Å². The summed E-state index contributed by atoms with van der Waals surface area (Å²) in [5.74, 6) is 0.628. The number of hydrogen-bond acceptors (Lipinski definition) is 8. The first kappa shape index (κ1) is 25.7. The van der Waals surface area contributed by atoms with Gasteiger partial charge in [0, 0.05) is 64.0 Å². The van der Waals surface area contributed by atoms with E-state index in [1.165, 1.54) is 35.9 Å². The van der Waals surface area contributed by atoms with E-state index in [-0.39, 0.29) is 33.2 Å². The maximum absolute atomic E-state index is 12.9. The second kappa shape index (κ2) is 10.1. The fourth-order valence-electron chi connectivity index (χ4n) is 4.82. The van der Waals surface area contributed by atoms with Gasteiger partial charge in [-0.25, -0.2) is 13.2 Å². The number of carbonyl (C=O) groups excluding carboxylic acids is 1. The normalized spacial score (nSPS) is 16.8. The minimum absolute atomic E-state index is 0.0576. The highest BCUT2D eigenvalue weighted by atomic mass is 32.2. The molecule has 2 aromatic carbocycles. The van der Waals surface area contributed by atoms with Crippen LogP contribution in [0.15, 0.2) is 63.0 Å². The van der Waals surface area contributed by atoms with E-state index in [9.17, 15) is 22.8 Å². The number of rotatable bonds is 6. The molecule has 2 aliphatic rings.